The summed E-state index contributed by atoms with van der Waals surface area (Å²) < 4.78 is 28.1. The van der Waals surface area contributed by atoms with E-state index >= 15 is 0 Å². The van der Waals surface area contributed by atoms with E-state index in [9.17, 15) is 67.7 Å². The Hall–Kier alpha value is -8.56. The molecule has 32 heteroatoms. The number of likely N-dealkylation sites (N-methyl/N-ethyl adjacent to an activating group) is 3. The maximum atomic E-state index is 14.7. The smallest absolute Gasteiger partial charge is 0.329 e. The van der Waals surface area contributed by atoms with Crippen LogP contribution in [0.1, 0.15) is 253 Å². The van der Waals surface area contributed by atoms with Crippen LogP contribution in [-0.4, -0.2) is 290 Å². The molecule has 0 radical (unpaired) electrons. The molecule has 5 fully saturated rings. The van der Waals surface area contributed by atoms with E-state index in [1.165, 1.54) is 46.5 Å². The van der Waals surface area contributed by atoms with Crippen LogP contribution in [0, 0.1) is 53.3 Å². The van der Waals surface area contributed by atoms with Crippen LogP contribution in [0.25, 0.3) is 0 Å². The Bertz CT molecular complexity index is 3880. The van der Waals surface area contributed by atoms with Crippen molar-refractivity contribution in [3.05, 3.63) is 59.7 Å². The molecule has 0 unspecified atom stereocenters. The number of carbonyl (C=O) groups is 12. The van der Waals surface area contributed by atoms with Crippen molar-refractivity contribution < 1.29 is 91.4 Å². The number of esters is 2. The van der Waals surface area contributed by atoms with Gasteiger partial charge in [0.25, 0.3) is 0 Å². The Labute approximate surface area is 789 Å². The van der Waals surface area contributed by atoms with E-state index in [1.807, 2.05) is 83.3 Å². The molecule has 0 bridgehead atoms. The zero-order valence-corrected chi connectivity index (χ0v) is 85.0. The van der Waals surface area contributed by atoms with E-state index in [2.05, 4.69) is 82.1 Å². The highest BCUT2D eigenvalue weighted by Gasteiger charge is 2.47. The number of hydrogen-bond acceptors (Lipinski definition) is 22. The predicted octanol–water partition coefficient (Wildman–Crippen LogP) is 8.70. The molecule has 5 heterocycles. The molecule has 0 aromatic heterocycles. The first-order chi connectivity index (χ1) is 62.3. The summed E-state index contributed by atoms with van der Waals surface area (Å²) >= 11 is 0. The number of ether oxygens (including phenoxy) is 5. The van der Waals surface area contributed by atoms with Gasteiger partial charge in [-0.2, -0.15) is 0 Å². The van der Waals surface area contributed by atoms with Crippen molar-refractivity contribution in [3.8, 4) is 11.5 Å². The zero-order chi connectivity index (χ0) is 99.2. The molecule has 0 saturated carbocycles. The van der Waals surface area contributed by atoms with Crippen LogP contribution in [0.5, 0.6) is 11.5 Å². The van der Waals surface area contributed by atoms with Crippen molar-refractivity contribution in [2.45, 2.75) is 358 Å². The van der Waals surface area contributed by atoms with Gasteiger partial charge in [0.15, 0.2) is 0 Å². The Kier molecular flexibility index (Phi) is 50.9. The van der Waals surface area contributed by atoms with Crippen LogP contribution in [0.15, 0.2) is 48.5 Å². The van der Waals surface area contributed by atoms with Crippen LogP contribution in [0.4, 0.5) is 0 Å². The lowest BCUT2D eigenvalue weighted by Crippen LogP contribution is -2.60. The topological polar surface area (TPSA) is 404 Å². The molecule has 20 atom stereocenters. The first-order valence-corrected chi connectivity index (χ1v) is 49.0. The lowest BCUT2D eigenvalue weighted by molar-refractivity contribution is -0.162. The molecular weight excluding hydrogens is 1690 g/mol. The zero-order valence-electron chi connectivity index (χ0n) is 85.0. The Morgan fingerprint density at radius 2 is 0.833 bits per heavy atom. The van der Waals surface area contributed by atoms with E-state index in [0.717, 1.165) is 43.6 Å². The molecule has 10 N–H and O–H groups in total. The molecule has 5 saturated heterocycles. The van der Waals surface area contributed by atoms with Crippen molar-refractivity contribution in [2.75, 3.05) is 81.8 Å². The molecule has 0 aliphatic carbocycles. The second-order valence-electron chi connectivity index (χ2n) is 39.3. The summed E-state index contributed by atoms with van der Waals surface area (Å²) in [6.07, 6.45) is 3.05. The van der Waals surface area contributed by atoms with E-state index in [0.29, 0.717) is 74.9 Å². The largest absolute Gasteiger partial charge is 0.497 e. The van der Waals surface area contributed by atoms with Gasteiger partial charge < -0.3 is 101 Å². The fourth-order valence-electron chi connectivity index (χ4n) is 17.6. The van der Waals surface area contributed by atoms with Gasteiger partial charge in [0, 0.05) is 65.8 Å². The van der Waals surface area contributed by atoms with E-state index < -0.39 is 187 Å². The van der Waals surface area contributed by atoms with Crippen LogP contribution in [-0.2, 0) is 84.6 Å². The van der Waals surface area contributed by atoms with E-state index in [4.69, 9.17) is 23.7 Å². The number of nitrogens with one attached hydrogen (secondary N) is 8. The van der Waals surface area contributed by atoms with Crippen LogP contribution < -0.4 is 52.0 Å². The second kappa shape index (κ2) is 58.0. The Morgan fingerprint density at radius 1 is 0.470 bits per heavy atom. The molecule has 7 rings (SSSR count). The quantitative estimate of drug-likeness (QED) is 0.0356. The number of hydrogen-bond donors (Lipinski definition) is 10. The number of fused-ring (bicyclic) bond motifs is 2. The van der Waals surface area contributed by atoms with Crippen molar-refractivity contribution in [3.63, 3.8) is 0 Å². The summed E-state index contributed by atoms with van der Waals surface area (Å²) in [4.78, 5) is 179. The number of amides is 10. The third kappa shape index (κ3) is 36.3. The Balaban J connectivity index is 0.000000514. The van der Waals surface area contributed by atoms with Crippen molar-refractivity contribution in [1.82, 2.24) is 67.0 Å². The first-order valence-electron chi connectivity index (χ1n) is 49.0. The maximum absolute atomic E-state index is 14.7. The minimum absolute atomic E-state index is 0.0138. The maximum Gasteiger partial charge on any atom is 0.329 e. The van der Waals surface area contributed by atoms with Gasteiger partial charge in [-0.25, -0.2) is 9.59 Å². The Morgan fingerprint density at radius 3 is 1.14 bits per heavy atom. The molecule has 132 heavy (non-hydrogen) atoms. The molecule has 10 amide bonds. The molecule has 0 spiro atoms. The molecule has 32 nitrogen and oxygen atoms in total. The minimum atomic E-state index is -1.35. The molecule has 2 aromatic rings. The summed E-state index contributed by atoms with van der Waals surface area (Å²) in [5, 5.41) is 47.4. The highest BCUT2D eigenvalue weighted by Crippen LogP contribution is 2.30. The highest BCUT2D eigenvalue weighted by atomic mass is 16.6. The number of rotatable bonds is 28. The summed E-state index contributed by atoms with van der Waals surface area (Å²) in [5.74, 6) is -5.82. The third-order valence-corrected chi connectivity index (χ3v) is 25.9. The van der Waals surface area contributed by atoms with Gasteiger partial charge in [0.05, 0.1) is 51.4 Å². The molecular formula is C100H171N13O19. The van der Waals surface area contributed by atoms with Crippen molar-refractivity contribution >= 4 is 71.0 Å². The number of nitrogens with zero attached hydrogens (tertiary/aromatic N) is 5. The molecule has 5 aliphatic rings. The van der Waals surface area contributed by atoms with Gasteiger partial charge in [-0.15, -0.1) is 0 Å². The number of methoxy groups -OCH3 is 2. The third-order valence-electron chi connectivity index (χ3n) is 25.9. The van der Waals surface area contributed by atoms with E-state index in [1.54, 1.807) is 104 Å². The average Bonchev–Trinajstić information content (AvgIpc) is 1.51. The number of benzene rings is 2. The number of cyclic esters (lactones) is 2. The molecule has 750 valence electrons. The number of carbonyl (C=O) groups excluding carboxylic acids is 12. The number of aliphatic hydroxyl groups excluding tert-OH is 2. The summed E-state index contributed by atoms with van der Waals surface area (Å²) in [6, 6.07) is 2.09. The van der Waals surface area contributed by atoms with E-state index in [-0.39, 0.29) is 80.3 Å². The normalized spacial score (nSPS) is 27.0. The van der Waals surface area contributed by atoms with Crippen molar-refractivity contribution in [1.29, 1.82) is 0 Å². The molecule has 5 aliphatic heterocycles. The minimum Gasteiger partial charge on any atom is -0.497 e. The van der Waals surface area contributed by atoms with Gasteiger partial charge in [0.2, 0.25) is 59.1 Å². The number of aliphatic hydroxyl groups is 2. The summed E-state index contributed by atoms with van der Waals surface area (Å²) in [7, 11) is 10.1. The van der Waals surface area contributed by atoms with Gasteiger partial charge in [0.1, 0.15) is 84.1 Å². The molecule has 2 aromatic carbocycles. The lowest BCUT2D eigenvalue weighted by atomic mass is 9.91. The van der Waals surface area contributed by atoms with Gasteiger partial charge >= 0.3 is 11.9 Å². The monoisotopic (exact) mass is 1860 g/mol. The predicted molar refractivity (Wildman–Crippen MR) is 513 cm³/mol. The van der Waals surface area contributed by atoms with Crippen LogP contribution in [0.2, 0.25) is 0 Å². The summed E-state index contributed by atoms with van der Waals surface area (Å²) in [5.41, 5.74) is 1.45. The second-order valence-corrected chi connectivity index (χ2v) is 39.3. The first kappa shape index (κ1) is 116. The standard InChI is InChI=1S/C47H79N7O9.C47H78N6O9.C4H8O.C2H6/c1-14-30(8)41-38(55)25-39(56)50-40(29(6)7)43(57)49-35(23-28(4)5)45(59)54-21-15-16-36(54)46(60)53(12)37(24-32-17-19-34(62-13)20-18-32)47(61)63-31(9)42(44(58)51-41)48-26-33(52(10)11)22-27(2)3;1-13-30(9)41-38(54)25-39(55)50-40(29(7)8)43(56)49-35(23-28(5)6)45(58)53-21-15-16-36(53)46(59)52(11)37(24-33-17-19-34(61-12)20-18-33)47(60)62-31(10)42(44(57)51-41)48-26-32(14-2)22-27(3)4;1-2-4-5-3-1;1-2/h17-20,27-31,33,35-38,40-42,48,55H,14-16,21-26H2,1-13H3,(H,49,57)(H,50,56)(H,51,58);17-20,27-32,35-38,40-42,48,54H,13-16,21-26H2,1-12H3,(H,49,56)(H,50,55)(H,51,57);1-4H2;1-2H3/t30-,31+,33+,35-,36-,37-,38-,40-,41+,42-;30-,31+,32+,35-,36-,37-,38-,40-,41+,42-;;/m00../s1. The summed E-state index contributed by atoms with van der Waals surface area (Å²) in [6.45, 7) is 43.6. The fourth-order valence-corrected chi connectivity index (χ4v) is 17.6. The van der Waals surface area contributed by atoms with Crippen LogP contribution in [0.3, 0.4) is 0 Å². The SMILES string of the molecule is C1CCOC1.CC.CC[C@@H](CN[C@@H]1C(=O)N[C@H]([C@@H](C)CC)[C@@H](O)CC(=O)N[C@@H](C(C)C)C(=O)N[C@@H](CC(C)C)C(=O)N2CCC[C@H]2C(=O)N(C)[C@@H](Cc2ccc(OC)cc2)C(=O)O[C@@H]1C)CC(C)C.CC[C@H](C)[C@H]1NC(=O)[C@@H](NC[C@@H](CC(C)C)N(C)C)[C@@H](C)OC(=O)[C@H](Cc2ccc(OC)cc2)N(C)C(=O)[C@@H]2CCCN2C(=O)[C@H](CC(C)C)NC(=O)[C@H](C(C)C)NC(=O)C[C@@H]1O. The average molecular weight is 1860 g/mol. The van der Waals surface area contributed by atoms with Crippen molar-refractivity contribution in [2.24, 2.45) is 53.3 Å². The van der Waals surface area contributed by atoms with Gasteiger partial charge in [-0.1, -0.05) is 175 Å². The van der Waals surface area contributed by atoms with Gasteiger partial charge in [-0.05, 0) is 187 Å². The van der Waals surface area contributed by atoms with Crippen LogP contribution >= 0.6 is 0 Å². The van der Waals surface area contributed by atoms with Gasteiger partial charge in [-0.3, -0.25) is 47.9 Å². The lowest BCUT2D eigenvalue weighted by Gasteiger charge is -2.36. The highest BCUT2D eigenvalue weighted by molar-refractivity contribution is 5.98. The fraction of sp³-hybridized carbons (Fsp3) is 0.760.